The highest BCUT2D eigenvalue weighted by molar-refractivity contribution is 5.43. The molecule has 3 aromatic carbocycles. The van der Waals surface area contributed by atoms with Crippen LogP contribution in [0.25, 0.3) is 0 Å². The second-order valence-corrected chi connectivity index (χ2v) is 6.60. The van der Waals surface area contributed by atoms with Crippen molar-refractivity contribution in [3.05, 3.63) is 107 Å². The molecule has 0 amide bonds. The number of hydrogen-bond acceptors (Lipinski definition) is 2. The van der Waals surface area contributed by atoms with Crippen LogP contribution < -0.4 is 5.32 Å². The van der Waals surface area contributed by atoms with Crippen molar-refractivity contribution < 1.29 is 4.74 Å². The Morgan fingerprint density at radius 3 is 2.00 bits per heavy atom. The van der Waals surface area contributed by atoms with Gasteiger partial charge in [0.05, 0.1) is 6.10 Å². The summed E-state index contributed by atoms with van der Waals surface area (Å²) in [5.74, 6) is 0. The lowest BCUT2D eigenvalue weighted by Gasteiger charge is -2.43. The highest BCUT2D eigenvalue weighted by Crippen LogP contribution is 2.45. The average molecular weight is 329 g/mol. The lowest BCUT2D eigenvalue weighted by molar-refractivity contribution is -0.0853. The molecule has 1 atom stereocenters. The molecule has 1 heterocycles. The van der Waals surface area contributed by atoms with Crippen LogP contribution in [0.5, 0.6) is 0 Å². The average Bonchev–Trinajstić information content (AvgIpc) is 2.69. The Morgan fingerprint density at radius 1 is 0.840 bits per heavy atom. The van der Waals surface area contributed by atoms with Crippen LogP contribution in [0.2, 0.25) is 0 Å². The molecule has 0 radical (unpaired) electrons. The van der Waals surface area contributed by atoms with E-state index in [-0.39, 0.29) is 6.10 Å². The molecule has 1 aliphatic heterocycles. The Labute approximate surface area is 149 Å². The van der Waals surface area contributed by atoms with Crippen molar-refractivity contribution in [2.45, 2.75) is 18.1 Å². The van der Waals surface area contributed by atoms with Crippen LogP contribution in [0.4, 0.5) is 0 Å². The van der Waals surface area contributed by atoms with E-state index < -0.39 is 5.60 Å². The van der Waals surface area contributed by atoms with Crippen LogP contribution in [-0.2, 0) is 16.8 Å². The van der Waals surface area contributed by atoms with Crippen LogP contribution in [-0.4, -0.2) is 13.6 Å². The first-order valence-corrected chi connectivity index (χ1v) is 8.85. The Hall–Kier alpha value is -2.42. The zero-order valence-electron chi connectivity index (χ0n) is 14.5. The van der Waals surface area contributed by atoms with Crippen LogP contribution in [0.1, 0.15) is 28.4 Å². The first kappa shape index (κ1) is 16.1. The fourth-order valence-corrected chi connectivity index (χ4v) is 3.88. The van der Waals surface area contributed by atoms with E-state index in [1.807, 2.05) is 7.05 Å². The summed E-state index contributed by atoms with van der Waals surface area (Å²) in [7, 11) is 1.98. The third kappa shape index (κ3) is 2.88. The molecule has 1 N–H and O–H groups in total. The minimum absolute atomic E-state index is 0.0235. The van der Waals surface area contributed by atoms with Gasteiger partial charge in [0.1, 0.15) is 5.60 Å². The molecule has 0 aliphatic carbocycles. The summed E-state index contributed by atoms with van der Waals surface area (Å²) < 4.78 is 6.85. The van der Waals surface area contributed by atoms with Crippen molar-refractivity contribution in [3.63, 3.8) is 0 Å². The second kappa shape index (κ2) is 6.83. The molecule has 0 aromatic heterocycles. The van der Waals surface area contributed by atoms with E-state index in [1.54, 1.807) is 0 Å². The number of hydrogen-bond donors (Lipinski definition) is 1. The predicted octanol–water partition coefficient (Wildman–Crippen LogP) is 4.46. The molecule has 126 valence electrons. The van der Waals surface area contributed by atoms with Gasteiger partial charge in [0.25, 0.3) is 0 Å². The van der Waals surface area contributed by atoms with Crippen molar-refractivity contribution >= 4 is 0 Å². The van der Waals surface area contributed by atoms with Crippen LogP contribution in [0, 0.1) is 0 Å². The summed E-state index contributed by atoms with van der Waals surface area (Å²) in [6, 6.07) is 29.9. The SMILES string of the molecule is CNC[C@@H]1OC(c2ccccc2)(c2ccccc2)Cc2ccccc21. The number of likely N-dealkylation sites (N-methyl/N-ethyl adjacent to an activating group) is 1. The number of fused-ring (bicyclic) bond motifs is 1. The molecular weight excluding hydrogens is 306 g/mol. The molecule has 0 saturated carbocycles. The molecule has 2 heteroatoms. The van der Waals surface area contributed by atoms with E-state index in [2.05, 4.69) is 90.2 Å². The van der Waals surface area contributed by atoms with Gasteiger partial charge in [-0.05, 0) is 29.3 Å². The maximum Gasteiger partial charge on any atom is 0.123 e. The van der Waals surface area contributed by atoms with Crippen molar-refractivity contribution in [1.82, 2.24) is 5.32 Å². The molecule has 1 aliphatic rings. The maximum absolute atomic E-state index is 6.85. The van der Waals surface area contributed by atoms with Crippen molar-refractivity contribution in [2.75, 3.05) is 13.6 Å². The van der Waals surface area contributed by atoms with E-state index in [4.69, 9.17) is 4.74 Å². The smallest absolute Gasteiger partial charge is 0.123 e. The number of benzene rings is 3. The number of ether oxygens (including phenoxy) is 1. The van der Waals surface area contributed by atoms with E-state index in [9.17, 15) is 0 Å². The third-order valence-corrected chi connectivity index (χ3v) is 5.05. The summed E-state index contributed by atoms with van der Waals surface area (Å²) in [6.07, 6.45) is 0.868. The van der Waals surface area contributed by atoms with Crippen molar-refractivity contribution in [3.8, 4) is 0 Å². The summed E-state index contributed by atoms with van der Waals surface area (Å²) in [6.45, 7) is 0.790. The lowest BCUT2D eigenvalue weighted by Crippen LogP contribution is -2.41. The molecule has 25 heavy (non-hydrogen) atoms. The largest absolute Gasteiger partial charge is 0.356 e. The Kier molecular flexibility index (Phi) is 4.39. The third-order valence-electron chi connectivity index (χ3n) is 5.05. The monoisotopic (exact) mass is 329 g/mol. The van der Waals surface area contributed by atoms with Gasteiger partial charge in [-0.2, -0.15) is 0 Å². The Balaban J connectivity index is 1.91. The highest BCUT2D eigenvalue weighted by Gasteiger charge is 2.42. The fourth-order valence-electron chi connectivity index (χ4n) is 3.88. The van der Waals surface area contributed by atoms with Crippen LogP contribution in [0.3, 0.4) is 0 Å². The Morgan fingerprint density at radius 2 is 1.40 bits per heavy atom. The molecular formula is C23H23NO. The molecule has 0 saturated heterocycles. The molecule has 2 nitrogen and oxygen atoms in total. The standard InChI is InChI=1S/C23H23NO/c1-24-17-22-21-15-9-8-10-18(21)16-23(25-22,19-11-4-2-5-12-19)20-13-6-3-7-14-20/h2-15,22,24H,16-17H2,1H3/t22-/m0/s1. The zero-order chi connectivity index (χ0) is 17.1. The fraction of sp³-hybridized carbons (Fsp3) is 0.217. The lowest BCUT2D eigenvalue weighted by atomic mass is 9.77. The van der Waals surface area contributed by atoms with Crippen LogP contribution >= 0.6 is 0 Å². The van der Waals surface area contributed by atoms with E-state index in [0.717, 1.165) is 13.0 Å². The van der Waals surface area contributed by atoms with Crippen molar-refractivity contribution in [1.29, 1.82) is 0 Å². The van der Waals surface area contributed by atoms with Gasteiger partial charge in [0, 0.05) is 13.0 Å². The van der Waals surface area contributed by atoms with Gasteiger partial charge in [-0.15, -0.1) is 0 Å². The van der Waals surface area contributed by atoms with Gasteiger partial charge in [-0.1, -0.05) is 84.9 Å². The van der Waals surface area contributed by atoms with Crippen molar-refractivity contribution in [2.24, 2.45) is 0 Å². The quantitative estimate of drug-likeness (QED) is 0.763. The van der Waals surface area contributed by atoms with Gasteiger partial charge in [0.15, 0.2) is 0 Å². The molecule has 0 spiro atoms. The minimum atomic E-state index is -0.460. The van der Waals surface area contributed by atoms with E-state index in [0.29, 0.717) is 0 Å². The van der Waals surface area contributed by atoms with Crippen LogP contribution in [0.15, 0.2) is 84.9 Å². The van der Waals surface area contributed by atoms with Gasteiger partial charge in [-0.25, -0.2) is 0 Å². The first-order valence-electron chi connectivity index (χ1n) is 8.85. The maximum atomic E-state index is 6.85. The molecule has 0 fully saturated rings. The molecule has 3 aromatic rings. The summed E-state index contributed by atoms with van der Waals surface area (Å²) in [5.41, 5.74) is 4.60. The van der Waals surface area contributed by atoms with E-state index in [1.165, 1.54) is 22.3 Å². The normalized spacial score (nSPS) is 18.5. The summed E-state index contributed by atoms with van der Waals surface area (Å²) >= 11 is 0. The predicted molar refractivity (Wildman–Crippen MR) is 102 cm³/mol. The van der Waals surface area contributed by atoms with Gasteiger partial charge in [-0.3, -0.25) is 0 Å². The van der Waals surface area contributed by atoms with Gasteiger partial charge < -0.3 is 10.1 Å². The number of rotatable bonds is 4. The summed E-state index contributed by atoms with van der Waals surface area (Å²) in [5, 5.41) is 3.29. The van der Waals surface area contributed by atoms with E-state index >= 15 is 0 Å². The minimum Gasteiger partial charge on any atom is -0.356 e. The Bertz CT molecular complexity index is 789. The highest BCUT2D eigenvalue weighted by atomic mass is 16.5. The first-order chi connectivity index (χ1) is 12.3. The second-order valence-electron chi connectivity index (χ2n) is 6.60. The summed E-state index contributed by atoms with van der Waals surface area (Å²) in [4.78, 5) is 0. The number of nitrogens with one attached hydrogen (secondary N) is 1. The molecule has 0 bridgehead atoms. The van der Waals surface area contributed by atoms with Gasteiger partial charge >= 0.3 is 0 Å². The molecule has 0 unspecified atom stereocenters. The zero-order valence-corrected chi connectivity index (χ0v) is 14.5. The topological polar surface area (TPSA) is 21.3 Å². The van der Waals surface area contributed by atoms with Gasteiger partial charge in [0.2, 0.25) is 0 Å². The molecule has 4 rings (SSSR count).